The van der Waals surface area contributed by atoms with Crippen LogP contribution in [0.15, 0.2) is 42.6 Å². The molecule has 2 N–H and O–H groups in total. The lowest BCUT2D eigenvalue weighted by Crippen LogP contribution is -2.36. The molecule has 2 aromatic rings. The number of nitrogens with zero attached hydrogens (tertiary/aromatic N) is 1. The van der Waals surface area contributed by atoms with Gasteiger partial charge in [-0.15, -0.1) is 0 Å². The van der Waals surface area contributed by atoms with Gasteiger partial charge in [0.2, 0.25) is 0 Å². The quantitative estimate of drug-likeness (QED) is 0.776. The molecule has 0 radical (unpaired) electrons. The zero-order valence-electron chi connectivity index (χ0n) is 14.2. The highest BCUT2D eigenvalue weighted by atomic mass is 32.2. The van der Waals surface area contributed by atoms with E-state index in [2.05, 4.69) is 15.6 Å². The molecule has 1 saturated heterocycles. The lowest BCUT2D eigenvalue weighted by molar-refractivity contribution is 0.0935. The van der Waals surface area contributed by atoms with E-state index in [9.17, 15) is 18.0 Å². The number of pyridine rings is 1. The number of ketones is 1. The van der Waals surface area contributed by atoms with Gasteiger partial charge in [0, 0.05) is 17.3 Å². The minimum Gasteiger partial charge on any atom is -0.354 e. The molecule has 1 amide bonds. The van der Waals surface area contributed by atoms with E-state index in [1.54, 1.807) is 36.4 Å². The first kappa shape index (κ1) is 18.1. The Morgan fingerprint density at radius 1 is 1.08 bits per heavy atom. The number of hydrogen-bond acceptors (Lipinski definition) is 6. The summed E-state index contributed by atoms with van der Waals surface area (Å²) in [5, 5.41) is 5.84. The van der Waals surface area contributed by atoms with Crippen molar-refractivity contribution in [1.29, 1.82) is 0 Å². The van der Waals surface area contributed by atoms with Crippen LogP contribution in [0.25, 0.3) is 0 Å². The summed E-state index contributed by atoms with van der Waals surface area (Å²) in [7, 11) is -3.04. The predicted octanol–water partition coefficient (Wildman–Crippen LogP) is 1.94. The van der Waals surface area contributed by atoms with E-state index in [1.165, 1.54) is 13.1 Å². The maximum Gasteiger partial charge on any atom is 0.270 e. The molecule has 1 unspecified atom stereocenters. The molecular weight excluding hydrogens is 354 g/mol. The predicted molar refractivity (Wildman–Crippen MR) is 98.5 cm³/mol. The highest BCUT2D eigenvalue weighted by molar-refractivity contribution is 7.91. The Bertz CT molecular complexity index is 922. The van der Waals surface area contributed by atoms with Gasteiger partial charge in [0.05, 0.1) is 23.4 Å². The van der Waals surface area contributed by atoms with Crippen LogP contribution >= 0.6 is 0 Å². The topological polar surface area (TPSA) is 105 Å². The van der Waals surface area contributed by atoms with Crippen LogP contribution in [0.5, 0.6) is 0 Å². The third kappa shape index (κ3) is 4.45. The second-order valence-electron chi connectivity index (χ2n) is 6.26. The second kappa shape index (κ2) is 7.25. The van der Waals surface area contributed by atoms with Crippen molar-refractivity contribution in [2.45, 2.75) is 19.4 Å². The van der Waals surface area contributed by atoms with Gasteiger partial charge in [-0.1, -0.05) is 0 Å². The number of carbonyl (C=O) groups excluding carboxylic acids is 2. The van der Waals surface area contributed by atoms with Crippen molar-refractivity contribution in [3.63, 3.8) is 0 Å². The van der Waals surface area contributed by atoms with Gasteiger partial charge in [0.15, 0.2) is 15.6 Å². The van der Waals surface area contributed by atoms with Crippen LogP contribution in [0.2, 0.25) is 0 Å². The number of amides is 1. The Morgan fingerprint density at radius 3 is 2.31 bits per heavy atom. The van der Waals surface area contributed by atoms with Gasteiger partial charge >= 0.3 is 0 Å². The summed E-state index contributed by atoms with van der Waals surface area (Å²) in [6, 6.07) is 9.98. The first-order chi connectivity index (χ1) is 12.3. The van der Waals surface area contributed by atoms with E-state index < -0.39 is 9.84 Å². The summed E-state index contributed by atoms with van der Waals surface area (Å²) >= 11 is 0. The van der Waals surface area contributed by atoms with Gasteiger partial charge in [0.1, 0.15) is 5.69 Å². The van der Waals surface area contributed by atoms with E-state index in [0.717, 1.165) is 5.69 Å². The number of nitrogens with one attached hydrogen (secondary N) is 2. The van der Waals surface area contributed by atoms with E-state index in [1.807, 2.05) is 0 Å². The molecule has 1 aliphatic heterocycles. The standard InChI is InChI=1S/C18H19N3O4S/c1-12(22)13-2-4-14(5-3-13)20-15-6-7-17(19-10-15)18(23)21-16-8-9-26(24,25)11-16/h2-7,10,16,20H,8-9,11H2,1H3,(H,21,23). The van der Waals surface area contributed by atoms with Crippen molar-refractivity contribution in [2.24, 2.45) is 0 Å². The highest BCUT2D eigenvalue weighted by Crippen LogP contribution is 2.17. The fraction of sp³-hybridized carbons (Fsp3) is 0.278. The number of benzene rings is 1. The van der Waals surface area contributed by atoms with Crippen LogP contribution in [0.3, 0.4) is 0 Å². The van der Waals surface area contributed by atoms with Crippen molar-refractivity contribution in [3.8, 4) is 0 Å². The minimum absolute atomic E-state index is 0.00337. The number of carbonyl (C=O) groups is 2. The normalized spacial score (nSPS) is 18.3. The first-order valence-electron chi connectivity index (χ1n) is 8.18. The summed E-state index contributed by atoms with van der Waals surface area (Å²) in [6.45, 7) is 1.51. The Balaban J connectivity index is 1.61. The van der Waals surface area contributed by atoms with Gasteiger partial charge in [-0.2, -0.15) is 0 Å². The van der Waals surface area contributed by atoms with E-state index >= 15 is 0 Å². The van der Waals surface area contributed by atoms with Gasteiger partial charge in [-0.05, 0) is 49.7 Å². The van der Waals surface area contributed by atoms with Gasteiger partial charge < -0.3 is 10.6 Å². The number of anilines is 2. The minimum atomic E-state index is -3.04. The van der Waals surface area contributed by atoms with Crippen LogP contribution in [0, 0.1) is 0 Å². The van der Waals surface area contributed by atoms with Gasteiger partial charge in [-0.3, -0.25) is 9.59 Å². The zero-order chi connectivity index (χ0) is 18.7. The molecule has 8 heteroatoms. The van der Waals surface area contributed by atoms with Crippen LogP contribution in [-0.2, 0) is 9.84 Å². The lowest BCUT2D eigenvalue weighted by Gasteiger charge is -2.11. The summed E-state index contributed by atoms with van der Waals surface area (Å²) < 4.78 is 22.9. The maximum atomic E-state index is 12.2. The largest absolute Gasteiger partial charge is 0.354 e. The van der Waals surface area contributed by atoms with Crippen LogP contribution in [-0.4, -0.2) is 42.6 Å². The molecule has 136 valence electrons. The van der Waals surface area contributed by atoms with Crippen LogP contribution in [0.4, 0.5) is 11.4 Å². The molecule has 7 nitrogen and oxygen atoms in total. The summed E-state index contributed by atoms with van der Waals surface area (Å²) in [4.78, 5) is 27.6. The number of Topliss-reactive ketones (excluding diaryl/α,β-unsaturated/α-hetero) is 1. The van der Waals surface area contributed by atoms with Crippen molar-refractivity contribution < 1.29 is 18.0 Å². The summed E-state index contributed by atoms with van der Waals surface area (Å²) in [6.07, 6.45) is 1.96. The zero-order valence-corrected chi connectivity index (χ0v) is 15.0. The van der Waals surface area contributed by atoms with Crippen molar-refractivity contribution in [1.82, 2.24) is 10.3 Å². The molecule has 1 aromatic carbocycles. The Kier molecular flexibility index (Phi) is 5.03. The number of sulfone groups is 1. The fourth-order valence-electron chi connectivity index (χ4n) is 2.73. The molecule has 26 heavy (non-hydrogen) atoms. The second-order valence-corrected chi connectivity index (χ2v) is 8.49. The molecule has 1 atom stereocenters. The Morgan fingerprint density at radius 2 is 1.77 bits per heavy atom. The Hall–Kier alpha value is -2.74. The van der Waals surface area contributed by atoms with E-state index in [-0.39, 0.29) is 34.9 Å². The fourth-order valence-corrected chi connectivity index (χ4v) is 4.40. The average Bonchev–Trinajstić information content (AvgIpc) is 2.94. The number of aromatic nitrogens is 1. The van der Waals surface area contributed by atoms with Crippen molar-refractivity contribution in [2.75, 3.05) is 16.8 Å². The van der Waals surface area contributed by atoms with Crippen molar-refractivity contribution in [3.05, 3.63) is 53.9 Å². The number of hydrogen-bond donors (Lipinski definition) is 2. The molecule has 1 fully saturated rings. The average molecular weight is 373 g/mol. The third-order valence-electron chi connectivity index (χ3n) is 4.14. The maximum absolute atomic E-state index is 12.2. The number of rotatable bonds is 5. The highest BCUT2D eigenvalue weighted by Gasteiger charge is 2.29. The molecule has 3 rings (SSSR count). The Labute approximate surface area is 151 Å². The summed E-state index contributed by atoms with van der Waals surface area (Å²) in [5.41, 5.74) is 2.35. The first-order valence-corrected chi connectivity index (χ1v) is 10.00. The molecule has 0 spiro atoms. The van der Waals surface area contributed by atoms with E-state index in [4.69, 9.17) is 0 Å². The van der Waals surface area contributed by atoms with Crippen LogP contribution in [0.1, 0.15) is 34.2 Å². The molecule has 0 saturated carbocycles. The lowest BCUT2D eigenvalue weighted by atomic mass is 10.1. The van der Waals surface area contributed by atoms with E-state index in [0.29, 0.717) is 17.7 Å². The molecule has 2 heterocycles. The van der Waals surface area contributed by atoms with Gasteiger partial charge in [0.25, 0.3) is 5.91 Å². The molecule has 1 aromatic heterocycles. The SMILES string of the molecule is CC(=O)c1ccc(Nc2ccc(C(=O)NC3CCS(=O)(=O)C3)nc2)cc1. The molecular formula is C18H19N3O4S. The molecule has 0 aliphatic carbocycles. The van der Waals surface area contributed by atoms with Crippen molar-refractivity contribution >= 4 is 32.9 Å². The monoisotopic (exact) mass is 373 g/mol. The molecule has 1 aliphatic rings. The van der Waals surface area contributed by atoms with Crippen LogP contribution < -0.4 is 10.6 Å². The third-order valence-corrected chi connectivity index (χ3v) is 5.91. The summed E-state index contributed by atoms with van der Waals surface area (Å²) in [5.74, 6) is -0.293. The van der Waals surface area contributed by atoms with Gasteiger partial charge in [-0.25, -0.2) is 13.4 Å². The molecule has 0 bridgehead atoms. The smallest absolute Gasteiger partial charge is 0.270 e.